The van der Waals surface area contributed by atoms with Gasteiger partial charge in [0.2, 0.25) is 11.8 Å². The lowest BCUT2D eigenvalue weighted by molar-refractivity contribution is -0.134. The van der Waals surface area contributed by atoms with Gasteiger partial charge in [-0.25, -0.2) is 0 Å². The van der Waals surface area contributed by atoms with Gasteiger partial charge in [0.15, 0.2) is 0 Å². The molecule has 1 saturated heterocycles. The van der Waals surface area contributed by atoms with Crippen LogP contribution in [0.1, 0.15) is 30.4 Å². The quantitative estimate of drug-likeness (QED) is 0.477. The fraction of sp³-hybridized carbons (Fsp3) is 0.444. The molecule has 0 N–H and O–H groups in total. The number of hydrogen-bond donors (Lipinski definition) is 0. The van der Waals surface area contributed by atoms with Gasteiger partial charge in [-0.3, -0.25) is 14.6 Å². The first kappa shape index (κ1) is 25.8. The third kappa shape index (κ3) is 7.35. The zero-order chi connectivity index (χ0) is 24.3. The molecule has 1 fully saturated rings. The highest BCUT2D eigenvalue weighted by molar-refractivity contribution is 7.98. The molecule has 1 unspecified atom stereocenters. The third-order valence-electron chi connectivity index (χ3n) is 6.49. The summed E-state index contributed by atoms with van der Waals surface area (Å²) >= 11 is 1.69. The average Bonchev–Trinajstić information content (AvgIpc) is 2.89. The Morgan fingerprint density at radius 3 is 2.74 bits per heavy atom. The van der Waals surface area contributed by atoms with Crippen LogP contribution in [0, 0.1) is 5.92 Å². The van der Waals surface area contributed by atoms with Gasteiger partial charge < -0.3 is 14.5 Å². The van der Waals surface area contributed by atoms with Crippen molar-refractivity contribution in [1.29, 1.82) is 0 Å². The number of hydrogen-bond acceptors (Lipinski definition) is 5. The minimum absolute atomic E-state index is 0.0241. The number of nitrogens with zero attached hydrogens (tertiary/aromatic N) is 3. The van der Waals surface area contributed by atoms with Crippen LogP contribution in [0.15, 0.2) is 54.9 Å². The molecule has 0 radical (unpaired) electrons. The zero-order valence-electron chi connectivity index (χ0n) is 20.4. The van der Waals surface area contributed by atoms with Crippen molar-refractivity contribution in [3.8, 4) is 5.75 Å². The first-order chi connectivity index (χ1) is 16.5. The van der Waals surface area contributed by atoms with Crippen molar-refractivity contribution in [1.82, 2.24) is 14.8 Å². The maximum Gasteiger partial charge on any atom is 0.246 e. The van der Waals surface area contributed by atoms with E-state index in [1.54, 1.807) is 37.3 Å². The van der Waals surface area contributed by atoms with Gasteiger partial charge in [0, 0.05) is 56.8 Å². The van der Waals surface area contributed by atoms with Crippen LogP contribution in [0.4, 0.5) is 0 Å². The third-order valence-corrected chi connectivity index (χ3v) is 7.10. The maximum absolute atomic E-state index is 12.9. The second-order valence-electron chi connectivity index (χ2n) is 8.65. The number of pyridine rings is 1. The van der Waals surface area contributed by atoms with Crippen LogP contribution in [0.3, 0.4) is 0 Å². The molecule has 0 aliphatic carbocycles. The fourth-order valence-corrected chi connectivity index (χ4v) is 4.84. The predicted molar refractivity (Wildman–Crippen MR) is 139 cm³/mol. The number of carbonyl (C=O) groups excluding carboxylic acids is 2. The molecule has 1 aliphatic heterocycles. The molecule has 0 bridgehead atoms. The van der Waals surface area contributed by atoms with E-state index in [1.165, 1.54) is 0 Å². The second kappa shape index (κ2) is 13.2. The highest BCUT2D eigenvalue weighted by Crippen LogP contribution is 2.28. The summed E-state index contributed by atoms with van der Waals surface area (Å²) in [5, 5.41) is 0. The summed E-state index contributed by atoms with van der Waals surface area (Å²) in [6, 6.07) is 12.0. The number of thioether (sulfide) groups is 1. The molecular formula is C27H35N3O3S. The largest absolute Gasteiger partial charge is 0.497 e. The molecule has 3 rings (SSSR count). The van der Waals surface area contributed by atoms with Crippen LogP contribution in [-0.2, 0) is 16.0 Å². The summed E-state index contributed by atoms with van der Waals surface area (Å²) < 4.78 is 5.40. The normalized spacial score (nSPS) is 15.3. The molecule has 1 aromatic heterocycles. The molecule has 1 aliphatic rings. The standard InChI is InChI=1S/C27H35N3O3S/c1-29(26(31)13-17-34-3)25(19-22-6-4-8-24(18-22)33-2)23-11-15-30(16-12-23)27(32)10-9-21-7-5-14-28-20-21/h4-10,14,18,20,23,25H,11-13,15-17,19H2,1-3H3/b10-9+. The number of carbonyl (C=O) groups is 2. The molecule has 6 nitrogen and oxygen atoms in total. The summed E-state index contributed by atoms with van der Waals surface area (Å²) in [5.41, 5.74) is 2.07. The fourth-order valence-electron chi connectivity index (χ4n) is 4.46. The Kier molecular flexibility index (Phi) is 10.0. The van der Waals surface area contributed by atoms with Crippen LogP contribution in [-0.4, -0.2) is 71.9 Å². The predicted octanol–water partition coefficient (Wildman–Crippen LogP) is 4.16. The number of benzene rings is 1. The summed E-state index contributed by atoms with van der Waals surface area (Å²) in [6.45, 7) is 1.39. The molecule has 1 atom stereocenters. The molecule has 7 heteroatoms. The Morgan fingerprint density at radius 2 is 2.06 bits per heavy atom. The smallest absolute Gasteiger partial charge is 0.246 e. The van der Waals surface area contributed by atoms with Gasteiger partial charge in [-0.2, -0.15) is 11.8 Å². The zero-order valence-corrected chi connectivity index (χ0v) is 21.2. The first-order valence-corrected chi connectivity index (χ1v) is 13.2. The molecule has 0 saturated carbocycles. The van der Waals surface area contributed by atoms with Crippen molar-refractivity contribution in [2.45, 2.75) is 31.7 Å². The van der Waals surface area contributed by atoms with E-state index < -0.39 is 0 Å². The van der Waals surface area contributed by atoms with Gasteiger partial charge in [0.05, 0.1) is 7.11 Å². The first-order valence-electron chi connectivity index (χ1n) is 11.8. The average molecular weight is 482 g/mol. The van der Waals surface area contributed by atoms with Crippen LogP contribution in [0.25, 0.3) is 6.08 Å². The van der Waals surface area contributed by atoms with Gasteiger partial charge >= 0.3 is 0 Å². The number of ether oxygens (including phenoxy) is 1. The van der Waals surface area contributed by atoms with E-state index >= 15 is 0 Å². The van der Waals surface area contributed by atoms with Crippen molar-refractivity contribution >= 4 is 29.7 Å². The van der Waals surface area contributed by atoms with Gasteiger partial charge in [0.25, 0.3) is 0 Å². The van der Waals surface area contributed by atoms with Gasteiger partial charge in [-0.1, -0.05) is 18.2 Å². The van der Waals surface area contributed by atoms with E-state index in [9.17, 15) is 9.59 Å². The van der Waals surface area contributed by atoms with Crippen LogP contribution in [0.2, 0.25) is 0 Å². The summed E-state index contributed by atoms with van der Waals surface area (Å²) in [4.78, 5) is 33.5. The SMILES string of the molecule is COc1cccc(CC(C2CCN(C(=O)/C=C/c3cccnc3)CC2)N(C)C(=O)CCSC)c1. The Hall–Kier alpha value is -2.80. The number of methoxy groups -OCH3 is 1. The lowest BCUT2D eigenvalue weighted by Gasteiger charge is -2.40. The van der Waals surface area contributed by atoms with Crippen molar-refractivity contribution < 1.29 is 14.3 Å². The minimum Gasteiger partial charge on any atom is -0.497 e. The number of amides is 2. The summed E-state index contributed by atoms with van der Waals surface area (Å²) in [7, 11) is 3.60. The lowest BCUT2D eigenvalue weighted by atomic mass is 9.84. The topological polar surface area (TPSA) is 62.7 Å². The Bertz CT molecular complexity index is 959. The summed E-state index contributed by atoms with van der Waals surface area (Å²) in [6.07, 6.45) is 12.0. The number of piperidine rings is 1. The van der Waals surface area contributed by atoms with Crippen molar-refractivity contribution in [2.75, 3.05) is 39.3 Å². The Labute approximate surface area is 207 Å². The van der Waals surface area contributed by atoms with E-state index in [0.29, 0.717) is 25.4 Å². The van der Waals surface area contributed by atoms with Crippen molar-refractivity contribution in [2.24, 2.45) is 5.92 Å². The molecule has 1 aromatic carbocycles. The monoisotopic (exact) mass is 481 g/mol. The van der Waals surface area contributed by atoms with E-state index in [0.717, 1.165) is 41.9 Å². The molecule has 2 heterocycles. The second-order valence-corrected chi connectivity index (χ2v) is 9.64. The van der Waals surface area contributed by atoms with Crippen LogP contribution < -0.4 is 4.74 Å². The van der Waals surface area contributed by atoms with Gasteiger partial charge in [0.1, 0.15) is 5.75 Å². The van der Waals surface area contributed by atoms with Crippen molar-refractivity contribution in [3.63, 3.8) is 0 Å². The number of likely N-dealkylation sites (N-methyl/N-ethyl adjacent to an activating group) is 1. The van der Waals surface area contributed by atoms with Crippen molar-refractivity contribution in [3.05, 3.63) is 66.0 Å². The number of rotatable bonds is 10. The lowest BCUT2D eigenvalue weighted by Crippen LogP contribution is -2.48. The highest BCUT2D eigenvalue weighted by atomic mass is 32.2. The molecule has 2 amide bonds. The molecule has 34 heavy (non-hydrogen) atoms. The van der Waals surface area contributed by atoms with Gasteiger partial charge in [-0.15, -0.1) is 0 Å². The van der Waals surface area contributed by atoms with E-state index in [-0.39, 0.29) is 17.9 Å². The Morgan fingerprint density at radius 1 is 1.26 bits per heavy atom. The van der Waals surface area contributed by atoms with E-state index in [4.69, 9.17) is 4.74 Å². The maximum atomic E-state index is 12.9. The Balaban J connectivity index is 1.66. The number of aromatic nitrogens is 1. The molecular weight excluding hydrogens is 446 g/mol. The van der Waals surface area contributed by atoms with Crippen LogP contribution in [0.5, 0.6) is 5.75 Å². The van der Waals surface area contributed by atoms with Gasteiger partial charge in [-0.05, 0) is 66.8 Å². The minimum atomic E-state index is 0.0241. The van der Waals surface area contributed by atoms with Crippen LogP contribution >= 0.6 is 11.8 Å². The van der Waals surface area contributed by atoms with E-state index in [2.05, 4.69) is 17.1 Å². The molecule has 182 valence electrons. The molecule has 0 spiro atoms. The molecule has 2 aromatic rings. The van der Waals surface area contributed by atoms with E-state index in [1.807, 2.05) is 53.4 Å². The number of likely N-dealkylation sites (tertiary alicyclic amines) is 1. The highest BCUT2D eigenvalue weighted by Gasteiger charge is 2.32. The summed E-state index contributed by atoms with van der Waals surface area (Å²) in [5.74, 6) is 2.19.